The van der Waals surface area contributed by atoms with Gasteiger partial charge in [-0.2, -0.15) is 0 Å². The van der Waals surface area contributed by atoms with Gasteiger partial charge in [0.05, 0.1) is 28.8 Å². The first kappa shape index (κ1) is 16.8. The zero-order chi connectivity index (χ0) is 16.4. The SMILES string of the molecule is CCCOc1cc(N2C(=O)CC(=C(C)C)C2=O)c(Cl)cc1Cl. The van der Waals surface area contributed by atoms with Crippen molar-refractivity contribution in [3.05, 3.63) is 33.3 Å². The molecule has 0 radical (unpaired) electrons. The number of imide groups is 1. The van der Waals surface area contributed by atoms with E-state index in [1.807, 2.05) is 20.8 Å². The molecule has 0 aliphatic carbocycles. The lowest BCUT2D eigenvalue weighted by Crippen LogP contribution is -2.29. The number of rotatable bonds is 4. The number of carbonyl (C=O) groups is 2. The largest absolute Gasteiger partial charge is 0.492 e. The minimum Gasteiger partial charge on any atom is -0.492 e. The maximum absolute atomic E-state index is 12.4. The summed E-state index contributed by atoms with van der Waals surface area (Å²) >= 11 is 12.3. The molecule has 6 heteroatoms. The van der Waals surface area contributed by atoms with Gasteiger partial charge >= 0.3 is 0 Å². The van der Waals surface area contributed by atoms with Crippen molar-refractivity contribution in [1.29, 1.82) is 0 Å². The van der Waals surface area contributed by atoms with Gasteiger partial charge in [0.2, 0.25) is 5.91 Å². The molecule has 0 bridgehead atoms. The van der Waals surface area contributed by atoms with Crippen molar-refractivity contribution in [1.82, 2.24) is 0 Å². The van der Waals surface area contributed by atoms with Crippen LogP contribution in [0.5, 0.6) is 5.75 Å². The third-order valence-corrected chi connectivity index (χ3v) is 3.94. The van der Waals surface area contributed by atoms with Gasteiger partial charge in [0.1, 0.15) is 5.75 Å². The van der Waals surface area contributed by atoms with Crippen molar-refractivity contribution in [3.8, 4) is 5.75 Å². The number of hydrogen-bond acceptors (Lipinski definition) is 3. The van der Waals surface area contributed by atoms with Crippen LogP contribution in [0.4, 0.5) is 5.69 Å². The zero-order valence-electron chi connectivity index (χ0n) is 12.7. The summed E-state index contributed by atoms with van der Waals surface area (Å²) in [5.74, 6) is -0.225. The van der Waals surface area contributed by atoms with Crippen molar-refractivity contribution in [2.24, 2.45) is 0 Å². The number of nitrogens with zero attached hydrogens (tertiary/aromatic N) is 1. The summed E-state index contributed by atoms with van der Waals surface area (Å²) in [5.41, 5.74) is 1.64. The van der Waals surface area contributed by atoms with Crippen LogP contribution in [0.3, 0.4) is 0 Å². The maximum atomic E-state index is 12.4. The van der Waals surface area contributed by atoms with Gasteiger partial charge in [-0.1, -0.05) is 35.7 Å². The fourth-order valence-electron chi connectivity index (χ4n) is 2.20. The minimum absolute atomic E-state index is 0.0886. The minimum atomic E-state index is -0.337. The van der Waals surface area contributed by atoms with Gasteiger partial charge in [-0.3, -0.25) is 9.59 Å². The van der Waals surface area contributed by atoms with Gasteiger partial charge in [0.15, 0.2) is 0 Å². The number of amides is 2. The molecule has 1 fully saturated rings. The van der Waals surface area contributed by atoms with E-state index < -0.39 is 0 Å². The Hall–Kier alpha value is -1.52. The summed E-state index contributed by atoms with van der Waals surface area (Å²) in [6, 6.07) is 3.04. The third-order valence-electron chi connectivity index (χ3n) is 3.35. The highest BCUT2D eigenvalue weighted by atomic mass is 35.5. The molecule has 118 valence electrons. The molecule has 4 nitrogen and oxygen atoms in total. The van der Waals surface area contributed by atoms with Crippen LogP contribution < -0.4 is 9.64 Å². The third kappa shape index (κ3) is 3.13. The standard InChI is InChI=1S/C16H17Cl2NO3/c1-4-5-22-14-8-13(11(17)7-12(14)18)19-15(20)6-10(9(2)3)16(19)21/h7-8H,4-6H2,1-3H3. The average Bonchev–Trinajstić information content (AvgIpc) is 2.74. The van der Waals surface area contributed by atoms with E-state index in [1.165, 1.54) is 6.07 Å². The average molecular weight is 342 g/mol. The zero-order valence-corrected chi connectivity index (χ0v) is 14.2. The molecule has 1 saturated heterocycles. The van der Waals surface area contributed by atoms with Crippen LogP contribution in [0, 0.1) is 0 Å². The van der Waals surface area contributed by atoms with Gasteiger partial charge in [-0.15, -0.1) is 0 Å². The highest BCUT2D eigenvalue weighted by Crippen LogP contribution is 2.39. The molecule has 1 heterocycles. The number of hydrogen-bond donors (Lipinski definition) is 0. The van der Waals surface area contributed by atoms with Crippen LogP contribution >= 0.6 is 23.2 Å². The smallest absolute Gasteiger partial charge is 0.261 e. The molecule has 1 aliphatic heterocycles. The summed E-state index contributed by atoms with van der Waals surface area (Å²) in [6.07, 6.45) is 0.906. The lowest BCUT2D eigenvalue weighted by Gasteiger charge is -2.18. The van der Waals surface area contributed by atoms with E-state index in [9.17, 15) is 9.59 Å². The number of anilines is 1. The fraction of sp³-hybridized carbons (Fsp3) is 0.375. The van der Waals surface area contributed by atoms with Crippen molar-refractivity contribution < 1.29 is 14.3 Å². The normalized spacial score (nSPS) is 14.8. The van der Waals surface area contributed by atoms with Crippen molar-refractivity contribution in [2.75, 3.05) is 11.5 Å². The van der Waals surface area contributed by atoms with Crippen molar-refractivity contribution >= 4 is 40.7 Å². The Morgan fingerprint density at radius 3 is 2.45 bits per heavy atom. The lowest BCUT2D eigenvalue weighted by molar-refractivity contribution is -0.120. The number of halogens is 2. The number of ether oxygens (including phenoxy) is 1. The Bertz CT molecular complexity index is 664. The first-order valence-corrected chi connectivity index (χ1v) is 7.77. The highest BCUT2D eigenvalue weighted by molar-refractivity contribution is 6.39. The molecule has 0 unspecified atom stereocenters. The Morgan fingerprint density at radius 2 is 1.91 bits per heavy atom. The summed E-state index contributed by atoms with van der Waals surface area (Å²) < 4.78 is 5.53. The number of benzene rings is 1. The quantitative estimate of drug-likeness (QED) is 0.602. The van der Waals surface area contributed by atoms with Crippen LogP contribution in [0.25, 0.3) is 0 Å². The van der Waals surface area contributed by atoms with E-state index in [1.54, 1.807) is 6.07 Å². The van der Waals surface area contributed by atoms with E-state index >= 15 is 0 Å². The first-order valence-electron chi connectivity index (χ1n) is 7.02. The molecule has 1 aromatic rings. The molecule has 1 aliphatic rings. The number of allylic oxidation sites excluding steroid dienone is 1. The second-order valence-electron chi connectivity index (χ2n) is 5.27. The van der Waals surface area contributed by atoms with Gasteiger partial charge < -0.3 is 4.74 Å². The Balaban J connectivity index is 2.46. The Labute approximate surface area is 139 Å². The molecular weight excluding hydrogens is 325 g/mol. The van der Waals surface area contributed by atoms with Crippen molar-refractivity contribution in [2.45, 2.75) is 33.6 Å². The van der Waals surface area contributed by atoms with Crippen LogP contribution in [0.1, 0.15) is 33.6 Å². The van der Waals surface area contributed by atoms with E-state index in [4.69, 9.17) is 27.9 Å². The lowest BCUT2D eigenvalue weighted by atomic mass is 10.1. The predicted molar refractivity (Wildman–Crippen MR) is 87.7 cm³/mol. The van der Waals surface area contributed by atoms with E-state index in [0.29, 0.717) is 28.6 Å². The summed E-state index contributed by atoms with van der Waals surface area (Å²) in [5, 5.41) is 0.592. The second-order valence-corrected chi connectivity index (χ2v) is 6.09. The van der Waals surface area contributed by atoms with Gasteiger partial charge in [0.25, 0.3) is 5.91 Å². The molecule has 0 N–H and O–H groups in total. The molecule has 0 saturated carbocycles. The monoisotopic (exact) mass is 341 g/mol. The Kier molecular flexibility index (Phi) is 5.14. The van der Waals surface area contributed by atoms with Gasteiger partial charge in [-0.25, -0.2) is 4.90 Å². The molecule has 2 amide bonds. The first-order chi connectivity index (χ1) is 10.4. The van der Waals surface area contributed by atoms with Crippen molar-refractivity contribution in [3.63, 3.8) is 0 Å². The fourth-order valence-corrected chi connectivity index (χ4v) is 2.72. The molecule has 0 spiro atoms. The van der Waals surface area contributed by atoms with Gasteiger partial charge in [0, 0.05) is 11.6 Å². The van der Waals surface area contributed by atoms with E-state index in [-0.39, 0.29) is 23.3 Å². The summed E-state index contributed by atoms with van der Waals surface area (Å²) in [7, 11) is 0. The topological polar surface area (TPSA) is 46.6 Å². The summed E-state index contributed by atoms with van der Waals surface area (Å²) in [4.78, 5) is 25.7. The predicted octanol–water partition coefficient (Wildman–Crippen LogP) is 4.38. The molecule has 0 aromatic heterocycles. The van der Waals surface area contributed by atoms with Crippen LogP contribution in [-0.2, 0) is 9.59 Å². The maximum Gasteiger partial charge on any atom is 0.261 e. The van der Waals surface area contributed by atoms with Gasteiger partial charge in [-0.05, 0) is 26.3 Å². The van der Waals surface area contributed by atoms with Crippen LogP contribution in [0.15, 0.2) is 23.3 Å². The van der Waals surface area contributed by atoms with E-state index in [2.05, 4.69) is 0 Å². The molecule has 22 heavy (non-hydrogen) atoms. The van der Waals surface area contributed by atoms with E-state index in [0.717, 1.165) is 16.9 Å². The van der Waals surface area contributed by atoms with Crippen LogP contribution in [-0.4, -0.2) is 18.4 Å². The Morgan fingerprint density at radius 1 is 1.23 bits per heavy atom. The molecule has 2 rings (SSSR count). The molecular formula is C16H17Cl2NO3. The summed E-state index contributed by atoms with van der Waals surface area (Å²) in [6.45, 7) is 6.08. The number of carbonyl (C=O) groups excluding carboxylic acids is 2. The molecule has 1 aromatic carbocycles. The highest BCUT2D eigenvalue weighted by Gasteiger charge is 2.37. The second kappa shape index (κ2) is 6.71. The molecule has 0 atom stereocenters. The van der Waals surface area contributed by atoms with Crippen LogP contribution in [0.2, 0.25) is 10.0 Å².